The van der Waals surface area contributed by atoms with Crippen molar-refractivity contribution in [3.63, 3.8) is 0 Å². The third kappa shape index (κ3) is 7.24. The number of halogens is 1. The molecule has 8 heteroatoms. The molecule has 144 valence electrons. The number of rotatable bonds is 7. The number of aryl methyl sites for hydroxylation is 1. The summed E-state index contributed by atoms with van der Waals surface area (Å²) in [5.41, 5.74) is 0. The van der Waals surface area contributed by atoms with Crippen LogP contribution in [-0.2, 0) is 17.7 Å². The zero-order valence-corrected chi connectivity index (χ0v) is 18.2. The van der Waals surface area contributed by atoms with Crippen molar-refractivity contribution < 1.29 is 9.15 Å². The number of ether oxygens (including phenoxy) is 1. The van der Waals surface area contributed by atoms with E-state index in [0.717, 1.165) is 49.3 Å². The van der Waals surface area contributed by atoms with Gasteiger partial charge in [-0.2, -0.15) is 0 Å². The average Bonchev–Trinajstić information content (AvgIpc) is 3.29. The van der Waals surface area contributed by atoms with Gasteiger partial charge in [-0.15, -0.1) is 35.3 Å². The normalized spacial score (nSPS) is 17.6. The molecule has 0 amide bonds. The molecule has 2 N–H and O–H groups in total. The maximum Gasteiger partial charge on any atom is 0.191 e. The van der Waals surface area contributed by atoms with E-state index in [1.807, 2.05) is 18.3 Å². The summed E-state index contributed by atoms with van der Waals surface area (Å²) in [6.07, 6.45) is 8.21. The van der Waals surface area contributed by atoms with Crippen LogP contribution >= 0.6 is 35.3 Å². The number of furan rings is 1. The van der Waals surface area contributed by atoms with Gasteiger partial charge in [-0.1, -0.05) is 0 Å². The highest BCUT2D eigenvalue weighted by Gasteiger charge is 2.14. The summed E-state index contributed by atoms with van der Waals surface area (Å²) in [6, 6.07) is 3.90. The monoisotopic (exact) mass is 490 g/mol. The number of guanidine groups is 1. The summed E-state index contributed by atoms with van der Waals surface area (Å²) in [5, 5.41) is 7.81. The van der Waals surface area contributed by atoms with Crippen molar-refractivity contribution in [1.29, 1.82) is 0 Å². The number of hydrogen-bond acceptors (Lipinski definition) is 5. The summed E-state index contributed by atoms with van der Waals surface area (Å²) < 4.78 is 11.2. The van der Waals surface area contributed by atoms with Gasteiger partial charge in [0.25, 0.3) is 0 Å². The summed E-state index contributed by atoms with van der Waals surface area (Å²) in [6.45, 7) is 5.06. The molecule has 2 aromatic rings. The molecule has 1 saturated heterocycles. The molecular weight excluding hydrogens is 463 g/mol. The van der Waals surface area contributed by atoms with Gasteiger partial charge < -0.3 is 19.8 Å². The van der Waals surface area contributed by atoms with Crippen molar-refractivity contribution in [2.45, 2.75) is 45.3 Å². The Bertz CT molecular complexity index is 654. The van der Waals surface area contributed by atoms with E-state index in [1.54, 1.807) is 17.6 Å². The van der Waals surface area contributed by atoms with Crippen LogP contribution in [0.4, 0.5) is 0 Å². The lowest BCUT2D eigenvalue weighted by atomic mass is 10.1. The highest BCUT2D eigenvalue weighted by molar-refractivity contribution is 14.0. The zero-order valence-electron chi connectivity index (χ0n) is 15.1. The maximum absolute atomic E-state index is 5.79. The molecule has 0 bridgehead atoms. The van der Waals surface area contributed by atoms with Gasteiger partial charge in [-0.25, -0.2) is 9.98 Å². The smallest absolute Gasteiger partial charge is 0.191 e. The van der Waals surface area contributed by atoms with E-state index in [0.29, 0.717) is 6.54 Å². The summed E-state index contributed by atoms with van der Waals surface area (Å²) in [4.78, 5) is 10.3. The van der Waals surface area contributed by atoms with Crippen LogP contribution in [-0.4, -0.2) is 36.7 Å². The first-order valence-electron chi connectivity index (χ1n) is 8.87. The SMILES string of the molecule is Cc1cnc(CN=C(NCCc2ccco2)NCC2CCCCO2)s1.I. The second-order valence-corrected chi connectivity index (χ2v) is 7.47. The maximum atomic E-state index is 5.79. The van der Waals surface area contributed by atoms with Crippen LogP contribution in [0.25, 0.3) is 0 Å². The molecule has 26 heavy (non-hydrogen) atoms. The van der Waals surface area contributed by atoms with E-state index in [4.69, 9.17) is 9.15 Å². The molecule has 3 heterocycles. The third-order valence-corrected chi connectivity index (χ3v) is 4.95. The van der Waals surface area contributed by atoms with Gasteiger partial charge in [-0.05, 0) is 38.3 Å². The topological polar surface area (TPSA) is 71.7 Å². The number of aliphatic imine (C=N–C) groups is 1. The molecule has 0 saturated carbocycles. The summed E-state index contributed by atoms with van der Waals surface area (Å²) in [5.74, 6) is 1.77. The largest absolute Gasteiger partial charge is 0.469 e. The Labute approximate surface area is 175 Å². The van der Waals surface area contributed by atoms with Crippen LogP contribution in [0.5, 0.6) is 0 Å². The molecule has 1 aliphatic rings. The van der Waals surface area contributed by atoms with Crippen molar-refractivity contribution in [3.8, 4) is 0 Å². The van der Waals surface area contributed by atoms with Crippen LogP contribution in [0.15, 0.2) is 34.0 Å². The van der Waals surface area contributed by atoms with Gasteiger partial charge in [0.1, 0.15) is 10.8 Å². The fourth-order valence-corrected chi connectivity index (χ4v) is 3.44. The van der Waals surface area contributed by atoms with Crippen molar-refractivity contribution in [1.82, 2.24) is 15.6 Å². The molecule has 0 aliphatic carbocycles. The second-order valence-electron chi connectivity index (χ2n) is 6.16. The molecule has 3 rings (SSSR count). The van der Waals surface area contributed by atoms with Crippen molar-refractivity contribution in [3.05, 3.63) is 40.2 Å². The molecule has 1 aliphatic heterocycles. The lowest BCUT2D eigenvalue weighted by molar-refractivity contribution is 0.0194. The van der Waals surface area contributed by atoms with Crippen LogP contribution in [0.2, 0.25) is 0 Å². The van der Waals surface area contributed by atoms with Crippen LogP contribution in [0.1, 0.15) is 34.9 Å². The molecular formula is C18H27IN4O2S. The Balaban J connectivity index is 0.00000243. The Morgan fingerprint density at radius 3 is 3.00 bits per heavy atom. The molecule has 1 unspecified atom stereocenters. The van der Waals surface area contributed by atoms with Crippen LogP contribution in [0.3, 0.4) is 0 Å². The molecule has 1 atom stereocenters. The fraction of sp³-hybridized carbons (Fsp3) is 0.556. The number of thiazole rings is 1. The van der Waals surface area contributed by atoms with Gasteiger partial charge in [0.15, 0.2) is 5.96 Å². The fourth-order valence-electron chi connectivity index (χ4n) is 2.73. The minimum atomic E-state index is 0. The molecule has 6 nitrogen and oxygen atoms in total. The lowest BCUT2D eigenvalue weighted by Gasteiger charge is -2.23. The molecule has 0 radical (unpaired) electrons. The number of nitrogens with one attached hydrogen (secondary N) is 2. The minimum absolute atomic E-state index is 0. The molecule has 0 spiro atoms. The van der Waals surface area contributed by atoms with Crippen LogP contribution in [0, 0.1) is 6.92 Å². The van der Waals surface area contributed by atoms with E-state index in [-0.39, 0.29) is 30.1 Å². The Hall–Kier alpha value is -1.13. The molecule has 1 fully saturated rings. The highest BCUT2D eigenvalue weighted by Crippen LogP contribution is 2.13. The predicted molar refractivity (Wildman–Crippen MR) is 115 cm³/mol. The van der Waals surface area contributed by atoms with Gasteiger partial charge in [0.2, 0.25) is 0 Å². The Morgan fingerprint density at radius 1 is 1.38 bits per heavy atom. The van der Waals surface area contributed by atoms with Gasteiger partial charge in [0.05, 0.1) is 18.9 Å². The van der Waals surface area contributed by atoms with Crippen molar-refractivity contribution in [2.24, 2.45) is 4.99 Å². The quantitative estimate of drug-likeness (QED) is 0.353. The van der Waals surface area contributed by atoms with Crippen molar-refractivity contribution in [2.75, 3.05) is 19.7 Å². The number of hydrogen-bond donors (Lipinski definition) is 2. The Morgan fingerprint density at radius 2 is 2.31 bits per heavy atom. The number of aromatic nitrogens is 1. The lowest BCUT2D eigenvalue weighted by Crippen LogP contribution is -2.43. The minimum Gasteiger partial charge on any atom is -0.469 e. The third-order valence-electron chi connectivity index (χ3n) is 4.06. The van der Waals surface area contributed by atoms with E-state index >= 15 is 0 Å². The van der Waals surface area contributed by atoms with Gasteiger partial charge >= 0.3 is 0 Å². The van der Waals surface area contributed by atoms with Gasteiger partial charge in [0, 0.05) is 37.2 Å². The van der Waals surface area contributed by atoms with E-state index in [2.05, 4.69) is 27.5 Å². The molecule has 2 aromatic heterocycles. The first-order valence-corrected chi connectivity index (χ1v) is 9.69. The average molecular weight is 490 g/mol. The first kappa shape index (κ1) is 21.2. The van der Waals surface area contributed by atoms with Crippen molar-refractivity contribution >= 4 is 41.3 Å². The van der Waals surface area contributed by atoms with E-state index in [9.17, 15) is 0 Å². The molecule has 0 aromatic carbocycles. The van der Waals surface area contributed by atoms with Crippen LogP contribution < -0.4 is 10.6 Å². The summed E-state index contributed by atoms with van der Waals surface area (Å²) in [7, 11) is 0. The highest BCUT2D eigenvalue weighted by atomic mass is 127. The second kappa shape index (κ2) is 11.6. The Kier molecular flexibility index (Phi) is 9.41. The van der Waals surface area contributed by atoms with E-state index in [1.165, 1.54) is 17.7 Å². The first-order chi connectivity index (χ1) is 12.3. The summed E-state index contributed by atoms with van der Waals surface area (Å²) >= 11 is 1.68. The zero-order chi connectivity index (χ0) is 17.3. The predicted octanol–water partition coefficient (Wildman–Crippen LogP) is 3.51. The standard InChI is InChI=1S/C18H26N4O2S.HI/c1-14-11-20-17(25-14)13-22-18(19-8-7-15-6-4-10-23-15)21-12-16-5-2-3-9-24-16;/h4,6,10-11,16H,2-3,5,7-9,12-13H2,1H3,(H2,19,21,22);1H. The van der Waals surface area contributed by atoms with E-state index < -0.39 is 0 Å². The van der Waals surface area contributed by atoms with Gasteiger partial charge in [-0.3, -0.25) is 0 Å². The number of nitrogens with zero attached hydrogens (tertiary/aromatic N) is 2.